The van der Waals surface area contributed by atoms with E-state index >= 15 is 0 Å². The van der Waals surface area contributed by atoms with E-state index in [1.165, 1.54) is 38.4 Å². The highest BCUT2D eigenvalue weighted by molar-refractivity contribution is 7.90. The maximum atomic E-state index is 11.7. The maximum absolute atomic E-state index is 11.7. The average Bonchev–Trinajstić information content (AvgIpc) is 2.45. The summed E-state index contributed by atoms with van der Waals surface area (Å²) >= 11 is 0. The van der Waals surface area contributed by atoms with Gasteiger partial charge in [-0.05, 0) is 36.8 Å². The van der Waals surface area contributed by atoms with Crippen molar-refractivity contribution in [2.24, 2.45) is 11.8 Å². The molecule has 0 unspecified atom stereocenters. The molecule has 0 spiro atoms. The maximum Gasteiger partial charge on any atom is 0.179 e. The van der Waals surface area contributed by atoms with Crippen molar-refractivity contribution in [1.82, 2.24) is 4.98 Å². The fraction of sp³-hybridized carbons (Fsp3) is 0.667. The van der Waals surface area contributed by atoms with Gasteiger partial charge in [0, 0.05) is 19.0 Å². The van der Waals surface area contributed by atoms with Crippen LogP contribution in [0.5, 0.6) is 0 Å². The number of hydrogen-bond donors (Lipinski definition) is 1. The third-order valence-electron chi connectivity index (χ3n) is 4.27. The molecule has 4 nitrogen and oxygen atoms in total. The van der Waals surface area contributed by atoms with Gasteiger partial charge in [-0.3, -0.25) is 0 Å². The van der Waals surface area contributed by atoms with Gasteiger partial charge in [0.25, 0.3) is 0 Å². The lowest BCUT2D eigenvalue weighted by Gasteiger charge is -2.28. The third kappa shape index (κ3) is 3.95. The van der Waals surface area contributed by atoms with Gasteiger partial charge in [0.1, 0.15) is 10.7 Å². The van der Waals surface area contributed by atoms with Crippen molar-refractivity contribution in [3.8, 4) is 0 Å². The minimum Gasteiger partial charge on any atom is -0.369 e. The largest absolute Gasteiger partial charge is 0.369 e. The van der Waals surface area contributed by atoms with E-state index in [0.29, 0.717) is 16.6 Å². The lowest BCUT2D eigenvalue weighted by Crippen LogP contribution is -2.22. The number of hydrogen-bond acceptors (Lipinski definition) is 4. The molecule has 1 aliphatic carbocycles. The van der Waals surface area contributed by atoms with Gasteiger partial charge in [-0.1, -0.05) is 26.2 Å². The summed E-state index contributed by atoms with van der Waals surface area (Å²) in [5.41, 5.74) is 0. The number of nitrogens with zero attached hydrogens (tertiary/aromatic N) is 1. The first-order valence-corrected chi connectivity index (χ1v) is 9.28. The molecular weight excluding hydrogens is 272 g/mol. The Hall–Kier alpha value is -1.10. The van der Waals surface area contributed by atoms with Crippen molar-refractivity contribution in [3.63, 3.8) is 0 Å². The van der Waals surface area contributed by atoms with Crippen molar-refractivity contribution in [3.05, 3.63) is 18.3 Å². The first-order valence-electron chi connectivity index (χ1n) is 7.39. The molecule has 1 aromatic heterocycles. The molecule has 112 valence electrons. The lowest BCUT2D eigenvalue weighted by atomic mass is 9.81. The summed E-state index contributed by atoms with van der Waals surface area (Å²) in [4.78, 5) is 4.46. The monoisotopic (exact) mass is 296 g/mol. The molecule has 5 heteroatoms. The van der Waals surface area contributed by atoms with E-state index in [0.717, 1.165) is 12.5 Å². The molecule has 0 radical (unpaired) electrons. The van der Waals surface area contributed by atoms with Crippen LogP contribution < -0.4 is 5.32 Å². The highest BCUT2D eigenvalue weighted by Crippen LogP contribution is 2.31. The van der Waals surface area contributed by atoms with Crippen molar-refractivity contribution in [2.45, 2.75) is 43.9 Å². The standard InChI is InChI=1S/C15H24N2O2S/c1-3-12-6-8-13(9-7-12)11-17-15-14(20(2,18)19)5-4-10-16-15/h4-5,10,12-13H,3,6-9,11H2,1-2H3,(H,16,17). The van der Waals surface area contributed by atoms with Crippen LogP contribution in [0.1, 0.15) is 39.0 Å². The summed E-state index contributed by atoms with van der Waals surface area (Å²) in [5.74, 6) is 2.01. The van der Waals surface area contributed by atoms with Crippen LogP contribution in [0, 0.1) is 11.8 Å². The third-order valence-corrected chi connectivity index (χ3v) is 5.40. The smallest absolute Gasteiger partial charge is 0.179 e. The van der Waals surface area contributed by atoms with Crippen LogP contribution in [0.25, 0.3) is 0 Å². The second kappa shape index (κ2) is 6.57. The van der Waals surface area contributed by atoms with Gasteiger partial charge < -0.3 is 5.32 Å². The van der Waals surface area contributed by atoms with E-state index in [-0.39, 0.29) is 0 Å². The van der Waals surface area contributed by atoms with Crippen LogP contribution in [0.2, 0.25) is 0 Å². The summed E-state index contributed by atoms with van der Waals surface area (Å²) in [5, 5.41) is 3.23. The van der Waals surface area contributed by atoms with Gasteiger partial charge in [-0.25, -0.2) is 13.4 Å². The highest BCUT2D eigenvalue weighted by atomic mass is 32.2. The van der Waals surface area contributed by atoms with Crippen LogP contribution in [-0.2, 0) is 9.84 Å². The second-order valence-electron chi connectivity index (χ2n) is 5.80. The molecule has 0 aromatic carbocycles. The summed E-state index contributed by atoms with van der Waals surface area (Å²) < 4.78 is 23.4. The van der Waals surface area contributed by atoms with Crippen LogP contribution in [0.4, 0.5) is 5.82 Å². The Balaban J connectivity index is 1.95. The molecule has 0 saturated heterocycles. The average molecular weight is 296 g/mol. The molecule has 0 bridgehead atoms. The number of sulfone groups is 1. The summed E-state index contributed by atoms with van der Waals surface area (Å²) in [6, 6.07) is 3.27. The lowest BCUT2D eigenvalue weighted by molar-refractivity contribution is 0.278. The Morgan fingerprint density at radius 1 is 1.25 bits per heavy atom. The van der Waals surface area contributed by atoms with Crippen molar-refractivity contribution in [2.75, 3.05) is 18.1 Å². The summed E-state index contributed by atoms with van der Waals surface area (Å²) in [7, 11) is -3.22. The molecule has 1 fully saturated rings. The van der Waals surface area contributed by atoms with E-state index in [4.69, 9.17) is 0 Å². The van der Waals surface area contributed by atoms with Crippen LogP contribution in [-0.4, -0.2) is 26.2 Å². The van der Waals surface area contributed by atoms with E-state index in [1.54, 1.807) is 18.3 Å². The zero-order valence-electron chi connectivity index (χ0n) is 12.3. The summed E-state index contributed by atoms with van der Waals surface area (Å²) in [6.45, 7) is 3.07. The second-order valence-corrected chi connectivity index (χ2v) is 7.78. The topological polar surface area (TPSA) is 59.1 Å². The molecule has 0 atom stereocenters. The van der Waals surface area contributed by atoms with Gasteiger partial charge >= 0.3 is 0 Å². The van der Waals surface area contributed by atoms with Crippen molar-refractivity contribution < 1.29 is 8.42 Å². The van der Waals surface area contributed by atoms with Crippen LogP contribution in [0.15, 0.2) is 23.2 Å². The minimum absolute atomic E-state index is 0.294. The van der Waals surface area contributed by atoms with Crippen LogP contribution in [0.3, 0.4) is 0 Å². The van der Waals surface area contributed by atoms with E-state index in [2.05, 4.69) is 17.2 Å². The summed E-state index contributed by atoms with van der Waals surface area (Å²) in [6.07, 6.45) is 9.18. The van der Waals surface area contributed by atoms with Gasteiger partial charge in [0.2, 0.25) is 0 Å². The molecular formula is C15H24N2O2S. The van der Waals surface area contributed by atoms with E-state index in [9.17, 15) is 8.42 Å². The molecule has 2 rings (SSSR count). The Morgan fingerprint density at radius 3 is 2.50 bits per heavy atom. The minimum atomic E-state index is -3.22. The quantitative estimate of drug-likeness (QED) is 0.907. The molecule has 1 aromatic rings. The first-order chi connectivity index (χ1) is 9.50. The molecule has 1 heterocycles. The predicted molar refractivity (Wildman–Crippen MR) is 81.6 cm³/mol. The van der Waals surface area contributed by atoms with Crippen molar-refractivity contribution >= 4 is 15.7 Å². The van der Waals surface area contributed by atoms with E-state index in [1.807, 2.05) is 0 Å². The Bertz CT molecular complexity index is 535. The van der Waals surface area contributed by atoms with Gasteiger partial charge in [0.05, 0.1) is 0 Å². The number of anilines is 1. The van der Waals surface area contributed by atoms with Crippen LogP contribution >= 0.6 is 0 Å². The zero-order valence-corrected chi connectivity index (χ0v) is 13.1. The number of rotatable bonds is 5. The molecule has 0 aliphatic heterocycles. The number of aromatic nitrogens is 1. The fourth-order valence-electron chi connectivity index (χ4n) is 2.91. The van der Waals surface area contributed by atoms with Crippen molar-refractivity contribution in [1.29, 1.82) is 0 Å². The Labute approximate surface area is 121 Å². The van der Waals surface area contributed by atoms with Gasteiger partial charge in [-0.15, -0.1) is 0 Å². The number of nitrogens with one attached hydrogen (secondary N) is 1. The molecule has 0 amide bonds. The SMILES string of the molecule is CCC1CCC(CNc2ncccc2S(C)(=O)=O)CC1. The van der Waals surface area contributed by atoms with Gasteiger partial charge in [0.15, 0.2) is 9.84 Å². The van der Waals surface area contributed by atoms with E-state index < -0.39 is 9.84 Å². The molecule has 1 N–H and O–H groups in total. The first kappa shape index (κ1) is 15.3. The predicted octanol–water partition coefficient (Wildman–Crippen LogP) is 3.11. The molecule has 1 saturated carbocycles. The number of pyridine rings is 1. The van der Waals surface area contributed by atoms with Gasteiger partial charge in [-0.2, -0.15) is 0 Å². The molecule has 1 aliphatic rings. The fourth-order valence-corrected chi connectivity index (χ4v) is 3.71. The Morgan fingerprint density at radius 2 is 1.90 bits per heavy atom. The highest BCUT2D eigenvalue weighted by Gasteiger charge is 2.21. The molecule has 20 heavy (non-hydrogen) atoms. The normalized spacial score (nSPS) is 23.5. The zero-order chi connectivity index (χ0) is 14.6. The Kier molecular flexibility index (Phi) is 5.02.